The maximum Gasteiger partial charge on any atom is 0.267 e. The van der Waals surface area contributed by atoms with Crippen LogP contribution in [0.15, 0.2) is 81.8 Å². The third-order valence-corrected chi connectivity index (χ3v) is 8.76. The van der Waals surface area contributed by atoms with Crippen molar-refractivity contribution >= 4 is 56.2 Å². The van der Waals surface area contributed by atoms with E-state index in [2.05, 4.69) is 10.5 Å². The Kier molecular flexibility index (Phi) is 6.70. The molecule has 2 N–H and O–H groups in total. The third-order valence-electron chi connectivity index (χ3n) is 6.64. The molecule has 7 nitrogen and oxygen atoms in total. The number of nitrogens with zero attached hydrogens (tertiary/aromatic N) is 3. The van der Waals surface area contributed by atoms with Crippen molar-refractivity contribution in [1.82, 2.24) is 15.0 Å². The first-order chi connectivity index (χ1) is 18.6. The smallest absolute Gasteiger partial charge is 0.267 e. The Morgan fingerprint density at radius 3 is 2.74 bits per heavy atom. The number of aromatic nitrogens is 2. The van der Waals surface area contributed by atoms with Crippen molar-refractivity contribution in [2.75, 3.05) is 5.75 Å². The van der Waals surface area contributed by atoms with Gasteiger partial charge in [-0.25, -0.2) is 10.4 Å². The Labute approximate surface area is 226 Å². The standard InChI is InChI=1S/C29H24N4O3S2/c34-23-15-14-18-8-4-5-11-20(18)22(23)16-30-32-25(35)17-37-29-31-27-26(21-12-6-7-13-24(21)38-27)28(36)33(29)19-9-2-1-3-10-19/h1-5,8-11,14-16,34H,6-7,12-13,17H2,(H,32,35)/b30-16+. The van der Waals surface area contributed by atoms with Gasteiger partial charge in [0.25, 0.3) is 11.5 Å². The first-order valence-corrected chi connectivity index (χ1v) is 14.2. The van der Waals surface area contributed by atoms with Gasteiger partial charge in [0, 0.05) is 10.4 Å². The van der Waals surface area contributed by atoms with Crippen LogP contribution in [0.3, 0.4) is 0 Å². The van der Waals surface area contributed by atoms with E-state index in [1.54, 1.807) is 22.0 Å². The van der Waals surface area contributed by atoms with Crippen LogP contribution >= 0.6 is 23.1 Å². The number of para-hydroxylation sites is 1. The van der Waals surface area contributed by atoms with E-state index in [9.17, 15) is 14.7 Å². The van der Waals surface area contributed by atoms with Crippen molar-refractivity contribution < 1.29 is 9.90 Å². The maximum atomic E-state index is 13.8. The van der Waals surface area contributed by atoms with Gasteiger partial charge >= 0.3 is 0 Å². The average Bonchev–Trinajstić information content (AvgIpc) is 3.32. The normalized spacial score (nSPS) is 13.3. The molecule has 9 heteroatoms. The van der Waals surface area contributed by atoms with Crippen molar-refractivity contribution in [3.8, 4) is 11.4 Å². The van der Waals surface area contributed by atoms with Gasteiger partial charge in [-0.2, -0.15) is 5.10 Å². The largest absolute Gasteiger partial charge is 0.507 e. The number of phenols is 1. The van der Waals surface area contributed by atoms with Gasteiger partial charge in [-0.1, -0.05) is 60.3 Å². The second kappa shape index (κ2) is 10.4. The number of amides is 1. The molecular formula is C29H24N4O3S2. The molecule has 1 aliphatic carbocycles. The zero-order valence-electron chi connectivity index (χ0n) is 20.4. The predicted octanol–water partition coefficient (Wildman–Crippen LogP) is 5.43. The van der Waals surface area contributed by atoms with E-state index in [1.807, 2.05) is 60.7 Å². The minimum atomic E-state index is -0.342. The summed E-state index contributed by atoms with van der Waals surface area (Å²) in [6, 6.07) is 20.5. The number of hydrogen-bond acceptors (Lipinski definition) is 7. The molecule has 0 radical (unpaired) electrons. The number of carbonyl (C=O) groups excluding carboxylic acids is 1. The number of benzene rings is 3. The van der Waals surface area contributed by atoms with E-state index in [-0.39, 0.29) is 23.0 Å². The molecule has 0 aliphatic heterocycles. The SMILES string of the molecule is O=C(CSc1nc2sc3c(c2c(=O)n1-c1ccccc1)CCCC3)N/N=C/c1c(O)ccc2ccccc12. The summed E-state index contributed by atoms with van der Waals surface area (Å²) in [4.78, 5) is 33.3. The highest BCUT2D eigenvalue weighted by Gasteiger charge is 2.23. The second-order valence-corrected chi connectivity index (χ2v) is 11.1. The number of rotatable bonds is 6. The number of thioether (sulfide) groups is 1. The number of hydrogen-bond donors (Lipinski definition) is 2. The third kappa shape index (κ3) is 4.59. The van der Waals surface area contributed by atoms with Crippen LogP contribution < -0.4 is 11.0 Å². The summed E-state index contributed by atoms with van der Waals surface area (Å²) in [5, 5.41) is 17.3. The Bertz CT molecular complexity index is 1760. The van der Waals surface area contributed by atoms with Crippen molar-refractivity contribution in [3.05, 3.63) is 93.1 Å². The van der Waals surface area contributed by atoms with Gasteiger partial charge in [0.1, 0.15) is 10.6 Å². The van der Waals surface area contributed by atoms with E-state index in [0.29, 0.717) is 16.1 Å². The van der Waals surface area contributed by atoms with E-state index in [1.165, 1.54) is 22.9 Å². The quantitative estimate of drug-likeness (QED) is 0.130. The van der Waals surface area contributed by atoms with Gasteiger partial charge in [0.15, 0.2) is 5.16 Å². The molecule has 1 aliphatic rings. The Morgan fingerprint density at radius 1 is 1.08 bits per heavy atom. The molecule has 2 heterocycles. The molecule has 1 amide bonds. The molecular weight excluding hydrogens is 516 g/mol. The van der Waals surface area contributed by atoms with Crippen LogP contribution in [0.25, 0.3) is 26.7 Å². The molecule has 2 aromatic heterocycles. The number of hydrazone groups is 1. The molecule has 0 saturated carbocycles. The summed E-state index contributed by atoms with van der Waals surface area (Å²) in [6.07, 6.45) is 5.54. The van der Waals surface area contributed by atoms with Crippen molar-refractivity contribution in [3.63, 3.8) is 0 Å². The number of phenolic OH excluding ortho intramolecular Hbond substituents is 1. The van der Waals surface area contributed by atoms with E-state index >= 15 is 0 Å². The minimum Gasteiger partial charge on any atom is -0.507 e. The van der Waals surface area contributed by atoms with Crippen LogP contribution in [0.2, 0.25) is 0 Å². The summed E-state index contributed by atoms with van der Waals surface area (Å²) in [5.41, 5.74) is 4.83. The highest BCUT2D eigenvalue weighted by molar-refractivity contribution is 7.99. The zero-order chi connectivity index (χ0) is 26.1. The van der Waals surface area contributed by atoms with E-state index in [0.717, 1.165) is 52.5 Å². The van der Waals surface area contributed by atoms with Crippen molar-refractivity contribution in [1.29, 1.82) is 0 Å². The summed E-state index contributed by atoms with van der Waals surface area (Å²) in [5.74, 6) is -0.237. The molecule has 38 heavy (non-hydrogen) atoms. The van der Waals surface area contributed by atoms with Crippen LogP contribution in [0.1, 0.15) is 28.8 Å². The lowest BCUT2D eigenvalue weighted by molar-refractivity contribution is -0.118. The number of fused-ring (bicyclic) bond motifs is 4. The second-order valence-electron chi connectivity index (χ2n) is 9.06. The van der Waals surface area contributed by atoms with Crippen molar-refractivity contribution in [2.45, 2.75) is 30.8 Å². The molecule has 0 unspecified atom stereocenters. The van der Waals surface area contributed by atoms with Crippen LogP contribution in [0.5, 0.6) is 5.75 Å². The van der Waals surface area contributed by atoms with Crippen LogP contribution in [0, 0.1) is 0 Å². The van der Waals surface area contributed by atoms with Crippen molar-refractivity contribution in [2.24, 2.45) is 5.10 Å². The Morgan fingerprint density at radius 2 is 1.87 bits per heavy atom. The average molecular weight is 541 g/mol. The van der Waals surface area contributed by atoms with Gasteiger partial charge < -0.3 is 5.11 Å². The molecule has 0 fully saturated rings. The van der Waals surface area contributed by atoms with Gasteiger partial charge in [-0.3, -0.25) is 14.2 Å². The molecule has 5 aromatic rings. The number of aromatic hydroxyl groups is 1. The lowest BCUT2D eigenvalue weighted by Crippen LogP contribution is -2.24. The first-order valence-electron chi connectivity index (χ1n) is 12.4. The Hall–Kier alpha value is -3.95. The molecule has 0 spiro atoms. The van der Waals surface area contributed by atoms with E-state index in [4.69, 9.17) is 4.98 Å². The number of thiophene rings is 1. The molecule has 6 rings (SSSR count). The summed E-state index contributed by atoms with van der Waals surface area (Å²) in [6.45, 7) is 0. The van der Waals surface area contributed by atoms with Crippen LogP contribution in [-0.2, 0) is 17.6 Å². The number of aryl methyl sites for hydroxylation is 2. The summed E-state index contributed by atoms with van der Waals surface area (Å²) < 4.78 is 1.61. The van der Waals surface area contributed by atoms with Crippen LogP contribution in [-0.4, -0.2) is 32.5 Å². The molecule has 190 valence electrons. The number of nitrogens with one attached hydrogen (secondary N) is 1. The van der Waals surface area contributed by atoms with Gasteiger partial charge in [0.05, 0.1) is 23.0 Å². The van der Waals surface area contributed by atoms with Gasteiger partial charge in [0.2, 0.25) is 0 Å². The van der Waals surface area contributed by atoms with E-state index < -0.39 is 0 Å². The van der Waals surface area contributed by atoms with Gasteiger partial charge in [-0.15, -0.1) is 11.3 Å². The van der Waals surface area contributed by atoms with Crippen LogP contribution in [0.4, 0.5) is 0 Å². The molecule has 0 atom stereocenters. The minimum absolute atomic E-state index is 0.0225. The van der Waals surface area contributed by atoms with Gasteiger partial charge in [-0.05, 0) is 60.2 Å². The summed E-state index contributed by atoms with van der Waals surface area (Å²) in [7, 11) is 0. The lowest BCUT2D eigenvalue weighted by Gasteiger charge is -2.13. The Balaban J connectivity index is 1.26. The monoisotopic (exact) mass is 540 g/mol. The predicted molar refractivity (Wildman–Crippen MR) is 154 cm³/mol. The maximum absolute atomic E-state index is 13.8. The molecule has 0 bridgehead atoms. The number of carbonyl (C=O) groups is 1. The highest BCUT2D eigenvalue weighted by atomic mass is 32.2. The fourth-order valence-electron chi connectivity index (χ4n) is 4.84. The topological polar surface area (TPSA) is 96.6 Å². The fraction of sp³-hybridized carbons (Fsp3) is 0.172. The first kappa shape index (κ1) is 24.4. The summed E-state index contributed by atoms with van der Waals surface area (Å²) >= 11 is 2.79. The highest BCUT2D eigenvalue weighted by Crippen LogP contribution is 2.35. The lowest BCUT2D eigenvalue weighted by atomic mass is 9.97. The zero-order valence-corrected chi connectivity index (χ0v) is 22.0. The molecule has 0 saturated heterocycles. The fourth-order valence-corrected chi connectivity index (χ4v) is 6.95. The molecule has 3 aromatic carbocycles.